The van der Waals surface area contributed by atoms with E-state index in [2.05, 4.69) is 24.3 Å². The molecule has 7 N–H and O–H groups in total. The van der Waals surface area contributed by atoms with Gasteiger partial charge in [0.15, 0.2) is 0 Å². The molecule has 0 fully saturated rings. The molecule has 0 aliphatic rings. The van der Waals surface area contributed by atoms with Crippen molar-refractivity contribution in [3.63, 3.8) is 0 Å². The van der Waals surface area contributed by atoms with Gasteiger partial charge in [-0.25, -0.2) is 4.57 Å². The second-order valence-electron chi connectivity index (χ2n) is 5.56. The molecule has 6 nitrogen and oxygen atoms in total. The van der Waals surface area contributed by atoms with Crippen LogP contribution in [-0.2, 0) is 4.57 Å². The summed E-state index contributed by atoms with van der Waals surface area (Å²) < 4.78 is 8.88. The average molecular weight is 338 g/mol. The first kappa shape index (κ1) is 19.2. The Morgan fingerprint density at radius 1 is 0.696 bits per heavy atom. The van der Waals surface area contributed by atoms with Gasteiger partial charge in [-0.1, -0.05) is 0 Å². The van der Waals surface area contributed by atoms with Gasteiger partial charge in [-0.2, -0.15) is 0 Å². The number of benzene rings is 2. The van der Waals surface area contributed by atoms with Crippen molar-refractivity contribution in [1.82, 2.24) is 0 Å². The minimum atomic E-state index is -4.64. The van der Waals surface area contributed by atoms with Crippen molar-refractivity contribution in [2.45, 2.75) is 27.7 Å². The predicted octanol–water partition coefficient (Wildman–Crippen LogP) is 2.82. The lowest BCUT2D eigenvalue weighted by Gasteiger charge is -2.12. The molecular formula is C16H23N2O4P. The van der Waals surface area contributed by atoms with E-state index in [0.717, 1.165) is 33.6 Å². The van der Waals surface area contributed by atoms with Crippen molar-refractivity contribution >= 4 is 19.2 Å². The molecule has 0 aliphatic carbocycles. The molecule has 0 spiro atoms. The predicted molar refractivity (Wildman–Crippen MR) is 93.9 cm³/mol. The number of nitrogens with two attached hydrogens (primary N) is 2. The van der Waals surface area contributed by atoms with E-state index in [-0.39, 0.29) is 0 Å². The number of anilines is 2. The SMILES string of the molecule is Cc1cc(-c2cc(C)c(N)c(C)c2)cc(C)c1N.O=P(O)(O)O. The number of phosphoric acid groups is 1. The van der Waals surface area contributed by atoms with E-state index >= 15 is 0 Å². The Morgan fingerprint density at radius 3 is 1.04 bits per heavy atom. The van der Waals surface area contributed by atoms with Gasteiger partial charge in [0.2, 0.25) is 0 Å². The lowest BCUT2D eigenvalue weighted by atomic mass is 9.95. The first-order valence-electron chi connectivity index (χ1n) is 6.92. The number of aryl methyl sites for hydroxylation is 4. The van der Waals surface area contributed by atoms with Crippen molar-refractivity contribution < 1.29 is 19.2 Å². The highest BCUT2D eigenvalue weighted by atomic mass is 31.2. The molecule has 0 saturated carbocycles. The standard InChI is InChI=1S/C16H20N2.H3O4P/c1-9-5-13(6-10(2)15(9)17)14-7-11(3)16(18)12(4)8-14;1-5(2,3)4/h5-8H,17-18H2,1-4H3;(H3,1,2,3,4). The van der Waals surface area contributed by atoms with Crippen LogP contribution in [0.15, 0.2) is 24.3 Å². The molecule has 0 heterocycles. The van der Waals surface area contributed by atoms with Gasteiger partial charge >= 0.3 is 7.82 Å². The van der Waals surface area contributed by atoms with Gasteiger partial charge < -0.3 is 26.1 Å². The third-order valence-corrected chi connectivity index (χ3v) is 3.52. The van der Waals surface area contributed by atoms with Crippen molar-refractivity contribution in [3.8, 4) is 11.1 Å². The van der Waals surface area contributed by atoms with E-state index in [1.165, 1.54) is 11.1 Å². The maximum absolute atomic E-state index is 8.88. The summed E-state index contributed by atoms with van der Waals surface area (Å²) in [5.74, 6) is 0. The van der Waals surface area contributed by atoms with Gasteiger partial charge in [0, 0.05) is 11.4 Å². The Hall–Kier alpha value is -1.85. The van der Waals surface area contributed by atoms with E-state index < -0.39 is 7.82 Å². The molecule has 0 aromatic heterocycles. The normalized spacial score (nSPS) is 10.9. The summed E-state index contributed by atoms with van der Waals surface area (Å²) >= 11 is 0. The molecular weight excluding hydrogens is 315 g/mol. The summed E-state index contributed by atoms with van der Waals surface area (Å²) in [6.07, 6.45) is 0. The molecule has 0 atom stereocenters. The van der Waals surface area contributed by atoms with Crippen LogP contribution < -0.4 is 11.5 Å². The van der Waals surface area contributed by atoms with Crippen LogP contribution in [0.4, 0.5) is 11.4 Å². The van der Waals surface area contributed by atoms with Crippen molar-refractivity contribution in [1.29, 1.82) is 0 Å². The summed E-state index contributed by atoms with van der Waals surface area (Å²) in [5, 5.41) is 0. The average Bonchev–Trinajstić information content (AvgIpc) is 2.39. The number of rotatable bonds is 1. The maximum Gasteiger partial charge on any atom is 0.466 e. The van der Waals surface area contributed by atoms with Crippen LogP contribution in [0.2, 0.25) is 0 Å². The Balaban J connectivity index is 0.000000463. The Bertz CT molecular complexity index is 659. The summed E-state index contributed by atoms with van der Waals surface area (Å²) in [4.78, 5) is 21.6. The second-order valence-corrected chi connectivity index (χ2v) is 6.59. The highest BCUT2D eigenvalue weighted by Crippen LogP contribution is 2.30. The van der Waals surface area contributed by atoms with Crippen molar-refractivity contribution in [2.24, 2.45) is 0 Å². The van der Waals surface area contributed by atoms with Gasteiger partial charge in [0.1, 0.15) is 0 Å². The lowest BCUT2D eigenvalue weighted by Crippen LogP contribution is -1.97. The molecule has 2 aromatic carbocycles. The largest absolute Gasteiger partial charge is 0.466 e. The summed E-state index contributed by atoms with van der Waals surface area (Å²) in [5.41, 5.74) is 20.6. The van der Waals surface area contributed by atoms with Gasteiger partial charge in [0.05, 0.1) is 0 Å². The van der Waals surface area contributed by atoms with Crippen LogP contribution in [0.3, 0.4) is 0 Å². The molecule has 0 saturated heterocycles. The molecule has 2 aromatic rings. The van der Waals surface area contributed by atoms with Gasteiger partial charge in [0.25, 0.3) is 0 Å². The molecule has 126 valence electrons. The zero-order valence-electron chi connectivity index (χ0n) is 13.7. The fourth-order valence-corrected chi connectivity index (χ4v) is 2.28. The van der Waals surface area contributed by atoms with Crippen LogP contribution in [0.1, 0.15) is 22.3 Å². The highest BCUT2D eigenvalue weighted by Gasteiger charge is 2.07. The zero-order valence-corrected chi connectivity index (χ0v) is 14.6. The molecule has 2 rings (SSSR count). The molecule has 0 amide bonds. The first-order valence-corrected chi connectivity index (χ1v) is 8.48. The Kier molecular flexibility index (Phi) is 5.97. The Morgan fingerprint density at radius 2 is 0.870 bits per heavy atom. The van der Waals surface area contributed by atoms with Crippen molar-refractivity contribution in [3.05, 3.63) is 46.5 Å². The van der Waals surface area contributed by atoms with E-state index in [9.17, 15) is 0 Å². The topological polar surface area (TPSA) is 130 Å². The fourth-order valence-electron chi connectivity index (χ4n) is 2.28. The van der Waals surface area contributed by atoms with Crippen LogP contribution in [-0.4, -0.2) is 14.7 Å². The van der Waals surface area contributed by atoms with Crippen molar-refractivity contribution in [2.75, 3.05) is 11.5 Å². The fraction of sp³-hybridized carbons (Fsp3) is 0.250. The molecule has 7 heteroatoms. The number of nitrogen functional groups attached to an aromatic ring is 2. The van der Waals surface area contributed by atoms with E-state index in [1.807, 2.05) is 27.7 Å². The smallest absolute Gasteiger partial charge is 0.398 e. The maximum atomic E-state index is 8.88. The molecule has 0 aliphatic heterocycles. The number of hydrogen-bond donors (Lipinski definition) is 5. The van der Waals surface area contributed by atoms with E-state index in [0.29, 0.717) is 0 Å². The zero-order chi connectivity index (χ0) is 17.9. The van der Waals surface area contributed by atoms with Gasteiger partial charge in [-0.3, -0.25) is 0 Å². The molecule has 0 radical (unpaired) electrons. The highest BCUT2D eigenvalue weighted by molar-refractivity contribution is 7.45. The second kappa shape index (κ2) is 7.15. The van der Waals surface area contributed by atoms with Gasteiger partial charge in [-0.05, 0) is 85.3 Å². The van der Waals surface area contributed by atoms with Crippen LogP contribution >= 0.6 is 7.82 Å². The summed E-state index contributed by atoms with van der Waals surface area (Å²) in [6.45, 7) is 8.18. The lowest BCUT2D eigenvalue weighted by molar-refractivity contribution is 0.275. The monoisotopic (exact) mass is 338 g/mol. The van der Waals surface area contributed by atoms with Crippen LogP contribution in [0.25, 0.3) is 11.1 Å². The van der Waals surface area contributed by atoms with Crippen LogP contribution in [0.5, 0.6) is 0 Å². The van der Waals surface area contributed by atoms with E-state index in [1.54, 1.807) is 0 Å². The number of hydrogen-bond acceptors (Lipinski definition) is 3. The third kappa shape index (κ3) is 5.69. The summed E-state index contributed by atoms with van der Waals surface area (Å²) in [7, 11) is -4.64. The van der Waals surface area contributed by atoms with E-state index in [4.69, 9.17) is 30.7 Å². The summed E-state index contributed by atoms with van der Waals surface area (Å²) in [6, 6.07) is 8.53. The molecule has 0 unspecified atom stereocenters. The molecule has 0 bridgehead atoms. The molecule has 23 heavy (non-hydrogen) atoms. The minimum Gasteiger partial charge on any atom is -0.398 e. The van der Waals surface area contributed by atoms with Gasteiger partial charge in [-0.15, -0.1) is 0 Å². The quantitative estimate of drug-likeness (QED) is 0.401. The van der Waals surface area contributed by atoms with Crippen LogP contribution in [0, 0.1) is 27.7 Å². The Labute approximate surface area is 136 Å². The third-order valence-electron chi connectivity index (χ3n) is 3.52. The minimum absolute atomic E-state index is 0.877. The first-order chi connectivity index (χ1) is 10.4.